The molecule has 0 unspecified atom stereocenters. The van der Waals surface area contributed by atoms with Crippen molar-refractivity contribution in [3.05, 3.63) is 22.2 Å². The van der Waals surface area contributed by atoms with Gasteiger partial charge in [0.1, 0.15) is 4.90 Å². The summed E-state index contributed by atoms with van der Waals surface area (Å²) in [4.78, 5) is -0.0399. The quantitative estimate of drug-likeness (QED) is 0.833. The fourth-order valence-corrected chi connectivity index (χ4v) is 2.38. The van der Waals surface area contributed by atoms with Crippen molar-refractivity contribution in [2.75, 3.05) is 19.8 Å². The summed E-state index contributed by atoms with van der Waals surface area (Å²) >= 11 is 11.4. The van der Waals surface area contributed by atoms with Crippen LogP contribution in [0.25, 0.3) is 0 Å². The van der Waals surface area contributed by atoms with Gasteiger partial charge in [0.25, 0.3) is 0 Å². The van der Waals surface area contributed by atoms with Crippen LogP contribution in [-0.4, -0.2) is 26.8 Å². The first-order chi connectivity index (χ1) is 6.76. The molecule has 0 fully saturated rings. The Hall–Kier alpha value is -0.490. The molecule has 0 heterocycles. The zero-order valence-corrected chi connectivity index (χ0v) is 10.5. The van der Waals surface area contributed by atoms with Gasteiger partial charge in [0.15, 0.2) is 0 Å². The Morgan fingerprint density at radius 1 is 1.20 bits per heavy atom. The number of halogens is 2. The van der Waals surface area contributed by atoms with Crippen molar-refractivity contribution in [3.8, 4) is 0 Å². The minimum absolute atomic E-state index is 0.0399. The van der Waals surface area contributed by atoms with E-state index >= 15 is 0 Å². The lowest BCUT2D eigenvalue weighted by Crippen LogP contribution is -2.23. The van der Waals surface area contributed by atoms with Crippen molar-refractivity contribution in [1.29, 1.82) is 0 Å². The van der Waals surface area contributed by atoms with E-state index < -0.39 is 10.0 Å². The molecule has 0 aromatic heterocycles. The first-order valence-electron chi connectivity index (χ1n) is 3.94. The highest BCUT2D eigenvalue weighted by molar-refractivity contribution is 7.89. The smallest absolute Gasteiger partial charge is 0.244 e. The van der Waals surface area contributed by atoms with Crippen LogP contribution in [0.3, 0.4) is 0 Å². The van der Waals surface area contributed by atoms with Gasteiger partial charge in [-0.3, -0.25) is 0 Å². The molecule has 0 atom stereocenters. The second-order valence-electron chi connectivity index (χ2n) is 3.09. The largest absolute Gasteiger partial charge is 0.398 e. The van der Waals surface area contributed by atoms with Gasteiger partial charge in [-0.1, -0.05) is 23.2 Å². The van der Waals surface area contributed by atoms with Gasteiger partial charge in [0, 0.05) is 14.1 Å². The number of nitrogens with zero attached hydrogens (tertiary/aromatic N) is 1. The Morgan fingerprint density at radius 2 is 1.67 bits per heavy atom. The fourth-order valence-electron chi connectivity index (χ4n) is 0.964. The molecule has 0 bridgehead atoms. The zero-order chi connectivity index (χ0) is 11.8. The van der Waals surface area contributed by atoms with E-state index in [1.165, 1.54) is 26.2 Å². The molecule has 84 valence electrons. The second kappa shape index (κ2) is 4.17. The molecule has 2 N–H and O–H groups in total. The van der Waals surface area contributed by atoms with Gasteiger partial charge in [-0.2, -0.15) is 0 Å². The molecule has 0 aliphatic carbocycles. The van der Waals surface area contributed by atoms with Crippen LogP contribution < -0.4 is 5.73 Å². The summed E-state index contributed by atoms with van der Waals surface area (Å²) < 4.78 is 24.6. The molecule has 1 aromatic carbocycles. The van der Waals surface area contributed by atoms with Crippen LogP contribution in [0.1, 0.15) is 0 Å². The average molecular weight is 269 g/mol. The maximum atomic E-state index is 11.8. The number of hydrogen-bond donors (Lipinski definition) is 1. The van der Waals surface area contributed by atoms with Crippen LogP contribution >= 0.6 is 23.2 Å². The highest BCUT2D eigenvalue weighted by Crippen LogP contribution is 2.30. The summed E-state index contributed by atoms with van der Waals surface area (Å²) in [5.41, 5.74) is 5.65. The molecule has 0 aliphatic heterocycles. The molecule has 0 spiro atoms. The molecular formula is C8H10Cl2N2O2S. The van der Waals surface area contributed by atoms with Crippen molar-refractivity contribution >= 4 is 38.9 Å². The number of hydrogen-bond acceptors (Lipinski definition) is 3. The Bertz CT molecular complexity index is 486. The van der Waals surface area contributed by atoms with Gasteiger partial charge in [0.05, 0.1) is 15.7 Å². The monoisotopic (exact) mass is 268 g/mol. The van der Waals surface area contributed by atoms with E-state index in [4.69, 9.17) is 28.9 Å². The number of sulfonamides is 1. The topological polar surface area (TPSA) is 63.4 Å². The van der Waals surface area contributed by atoms with E-state index in [9.17, 15) is 8.42 Å². The average Bonchev–Trinajstić information content (AvgIpc) is 2.10. The van der Waals surface area contributed by atoms with Crippen molar-refractivity contribution < 1.29 is 8.42 Å². The number of rotatable bonds is 2. The van der Waals surface area contributed by atoms with Gasteiger partial charge in [0.2, 0.25) is 10.0 Å². The van der Waals surface area contributed by atoms with Gasteiger partial charge >= 0.3 is 0 Å². The van der Waals surface area contributed by atoms with Gasteiger partial charge in [-0.05, 0) is 12.1 Å². The summed E-state index contributed by atoms with van der Waals surface area (Å²) in [6, 6.07) is 2.56. The standard InChI is InChI=1S/C8H10Cl2N2O2S/c1-12(2)15(13,14)8-4-6(10)5(9)3-7(8)11/h3-4H,11H2,1-2H3. The van der Waals surface area contributed by atoms with Gasteiger partial charge in [-0.25, -0.2) is 12.7 Å². The maximum Gasteiger partial charge on any atom is 0.244 e. The number of nitrogen functional groups attached to an aromatic ring is 1. The minimum atomic E-state index is -3.58. The molecule has 0 radical (unpaired) electrons. The first-order valence-corrected chi connectivity index (χ1v) is 6.13. The highest BCUT2D eigenvalue weighted by atomic mass is 35.5. The zero-order valence-electron chi connectivity index (χ0n) is 8.16. The van der Waals surface area contributed by atoms with Crippen molar-refractivity contribution in [2.24, 2.45) is 0 Å². The van der Waals surface area contributed by atoms with Crippen LogP contribution in [-0.2, 0) is 10.0 Å². The summed E-state index contributed by atoms with van der Waals surface area (Å²) in [5.74, 6) is 0. The molecule has 0 amide bonds. The van der Waals surface area contributed by atoms with E-state index in [0.29, 0.717) is 0 Å². The first kappa shape index (κ1) is 12.6. The summed E-state index contributed by atoms with van der Waals surface area (Å²) in [6.07, 6.45) is 0. The van der Waals surface area contributed by atoms with E-state index in [1.54, 1.807) is 0 Å². The molecule has 0 aliphatic rings. The van der Waals surface area contributed by atoms with Crippen LogP contribution in [0.15, 0.2) is 17.0 Å². The number of anilines is 1. The van der Waals surface area contributed by atoms with E-state index in [-0.39, 0.29) is 20.6 Å². The molecule has 1 aromatic rings. The molecule has 4 nitrogen and oxygen atoms in total. The third-order valence-electron chi connectivity index (χ3n) is 1.81. The molecule has 7 heteroatoms. The van der Waals surface area contributed by atoms with Crippen molar-refractivity contribution in [2.45, 2.75) is 4.90 Å². The normalized spacial score (nSPS) is 12.1. The molecule has 15 heavy (non-hydrogen) atoms. The lowest BCUT2D eigenvalue weighted by molar-refractivity contribution is 0.521. The van der Waals surface area contributed by atoms with Crippen LogP contribution in [0.4, 0.5) is 5.69 Å². The number of nitrogens with two attached hydrogens (primary N) is 1. The van der Waals surface area contributed by atoms with Crippen LogP contribution in [0, 0.1) is 0 Å². The lowest BCUT2D eigenvalue weighted by atomic mass is 10.3. The fraction of sp³-hybridized carbons (Fsp3) is 0.250. The summed E-state index contributed by atoms with van der Waals surface area (Å²) in [5, 5.41) is 0.387. The second-order valence-corrected chi connectivity index (χ2v) is 6.03. The maximum absolute atomic E-state index is 11.8. The Balaban J connectivity index is 3.46. The van der Waals surface area contributed by atoms with E-state index in [0.717, 1.165) is 4.31 Å². The third kappa shape index (κ3) is 2.36. The van der Waals surface area contributed by atoms with E-state index in [2.05, 4.69) is 0 Å². The van der Waals surface area contributed by atoms with E-state index in [1.807, 2.05) is 0 Å². The number of benzene rings is 1. The molecule has 0 saturated carbocycles. The van der Waals surface area contributed by atoms with Crippen LogP contribution in [0.2, 0.25) is 10.0 Å². The predicted octanol–water partition coefficient (Wildman–Crippen LogP) is 1.83. The molecular weight excluding hydrogens is 259 g/mol. The molecule has 1 rings (SSSR count). The van der Waals surface area contributed by atoms with Gasteiger partial charge in [-0.15, -0.1) is 0 Å². The molecule has 0 saturated heterocycles. The Labute approximate surface area is 98.6 Å². The van der Waals surface area contributed by atoms with Crippen molar-refractivity contribution in [3.63, 3.8) is 0 Å². The minimum Gasteiger partial charge on any atom is -0.398 e. The predicted molar refractivity (Wildman–Crippen MR) is 61.7 cm³/mol. The highest BCUT2D eigenvalue weighted by Gasteiger charge is 2.21. The lowest BCUT2D eigenvalue weighted by Gasteiger charge is -2.13. The Kier molecular flexibility index (Phi) is 3.50. The van der Waals surface area contributed by atoms with Crippen molar-refractivity contribution in [1.82, 2.24) is 4.31 Å². The Morgan fingerprint density at radius 3 is 2.13 bits per heavy atom. The third-order valence-corrected chi connectivity index (χ3v) is 4.40. The summed E-state index contributed by atoms with van der Waals surface area (Å²) in [6.45, 7) is 0. The summed E-state index contributed by atoms with van der Waals surface area (Å²) in [7, 11) is -0.754. The SMILES string of the molecule is CN(C)S(=O)(=O)c1cc(Cl)c(Cl)cc1N. The van der Waals surface area contributed by atoms with Crippen LogP contribution in [0.5, 0.6) is 0 Å². The van der Waals surface area contributed by atoms with Gasteiger partial charge < -0.3 is 5.73 Å².